The SMILES string of the molecule is CCCCN(CCN)c1nc(CCC)ns1. The van der Waals surface area contributed by atoms with E-state index in [0.717, 1.165) is 36.9 Å². The summed E-state index contributed by atoms with van der Waals surface area (Å²) < 4.78 is 4.37. The van der Waals surface area contributed by atoms with Crippen LogP contribution in [0.4, 0.5) is 5.13 Å². The molecule has 0 aliphatic heterocycles. The van der Waals surface area contributed by atoms with Crippen LogP contribution in [0.25, 0.3) is 0 Å². The zero-order chi connectivity index (χ0) is 11.8. The van der Waals surface area contributed by atoms with Crippen LogP contribution in [0.2, 0.25) is 0 Å². The number of anilines is 1. The van der Waals surface area contributed by atoms with Gasteiger partial charge in [0.1, 0.15) is 5.82 Å². The standard InChI is InChI=1S/C11H22N4S/c1-3-5-8-15(9-7-12)11-13-10(6-4-2)14-16-11/h3-9,12H2,1-2H3. The van der Waals surface area contributed by atoms with Crippen molar-refractivity contribution in [3.8, 4) is 0 Å². The summed E-state index contributed by atoms with van der Waals surface area (Å²) in [5.74, 6) is 0.973. The molecule has 0 bridgehead atoms. The lowest BCUT2D eigenvalue weighted by molar-refractivity contribution is 0.711. The van der Waals surface area contributed by atoms with E-state index >= 15 is 0 Å². The lowest BCUT2D eigenvalue weighted by Gasteiger charge is -2.19. The number of unbranched alkanes of at least 4 members (excludes halogenated alkanes) is 1. The van der Waals surface area contributed by atoms with Crippen LogP contribution < -0.4 is 10.6 Å². The first kappa shape index (κ1) is 13.4. The van der Waals surface area contributed by atoms with Gasteiger partial charge in [0, 0.05) is 37.6 Å². The van der Waals surface area contributed by atoms with E-state index < -0.39 is 0 Å². The summed E-state index contributed by atoms with van der Waals surface area (Å²) in [6.07, 6.45) is 4.45. The van der Waals surface area contributed by atoms with Gasteiger partial charge in [0.05, 0.1) is 0 Å². The fourth-order valence-electron chi connectivity index (χ4n) is 1.51. The Balaban J connectivity index is 2.59. The van der Waals surface area contributed by atoms with Gasteiger partial charge >= 0.3 is 0 Å². The Morgan fingerprint density at radius 3 is 2.69 bits per heavy atom. The zero-order valence-corrected chi connectivity index (χ0v) is 11.1. The van der Waals surface area contributed by atoms with Crippen molar-refractivity contribution in [2.45, 2.75) is 39.5 Å². The maximum absolute atomic E-state index is 5.62. The van der Waals surface area contributed by atoms with E-state index in [-0.39, 0.29) is 0 Å². The Bertz CT molecular complexity index is 287. The molecule has 0 aromatic carbocycles. The van der Waals surface area contributed by atoms with Crippen LogP contribution in [0.5, 0.6) is 0 Å². The van der Waals surface area contributed by atoms with Crippen molar-refractivity contribution in [1.82, 2.24) is 9.36 Å². The first-order valence-electron chi connectivity index (χ1n) is 6.09. The van der Waals surface area contributed by atoms with Gasteiger partial charge in [-0.25, -0.2) is 4.98 Å². The molecule has 1 heterocycles. The van der Waals surface area contributed by atoms with Gasteiger partial charge in [-0.15, -0.1) is 0 Å². The number of hydrogen-bond acceptors (Lipinski definition) is 5. The molecule has 4 nitrogen and oxygen atoms in total. The molecule has 1 aromatic heterocycles. The molecule has 16 heavy (non-hydrogen) atoms. The molecule has 0 radical (unpaired) electrons. The fourth-order valence-corrected chi connectivity index (χ4v) is 2.27. The number of nitrogens with two attached hydrogens (primary N) is 1. The Morgan fingerprint density at radius 2 is 2.06 bits per heavy atom. The largest absolute Gasteiger partial charge is 0.346 e. The average molecular weight is 242 g/mol. The highest BCUT2D eigenvalue weighted by Crippen LogP contribution is 2.18. The predicted octanol–water partition coefficient (Wildman–Crippen LogP) is 2.06. The molecule has 0 amide bonds. The molecule has 92 valence electrons. The van der Waals surface area contributed by atoms with E-state index in [0.29, 0.717) is 6.54 Å². The van der Waals surface area contributed by atoms with Crippen molar-refractivity contribution >= 4 is 16.7 Å². The second kappa shape index (κ2) is 7.57. The summed E-state index contributed by atoms with van der Waals surface area (Å²) in [6.45, 7) is 6.93. The molecule has 0 saturated carbocycles. The van der Waals surface area contributed by atoms with E-state index in [1.165, 1.54) is 24.4 Å². The molecule has 0 unspecified atom stereocenters. The summed E-state index contributed by atoms with van der Waals surface area (Å²) in [7, 11) is 0. The summed E-state index contributed by atoms with van der Waals surface area (Å²) in [5.41, 5.74) is 5.62. The van der Waals surface area contributed by atoms with Crippen molar-refractivity contribution in [2.75, 3.05) is 24.5 Å². The molecular weight excluding hydrogens is 220 g/mol. The molecule has 0 spiro atoms. The third-order valence-corrected chi connectivity index (χ3v) is 3.20. The van der Waals surface area contributed by atoms with Crippen LogP contribution in [0.3, 0.4) is 0 Å². The summed E-state index contributed by atoms with van der Waals surface area (Å²) in [5, 5.41) is 1.03. The van der Waals surface area contributed by atoms with Crippen molar-refractivity contribution in [1.29, 1.82) is 0 Å². The second-order valence-corrected chi connectivity index (χ2v) is 4.60. The zero-order valence-electron chi connectivity index (χ0n) is 10.3. The normalized spacial score (nSPS) is 10.7. The molecule has 1 aromatic rings. The Kier molecular flexibility index (Phi) is 6.33. The number of rotatable bonds is 8. The van der Waals surface area contributed by atoms with E-state index in [4.69, 9.17) is 5.73 Å². The number of hydrogen-bond donors (Lipinski definition) is 1. The van der Waals surface area contributed by atoms with Crippen LogP contribution in [-0.4, -0.2) is 29.0 Å². The summed E-state index contributed by atoms with van der Waals surface area (Å²) in [4.78, 5) is 6.80. The van der Waals surface area contributed by atoms with Gasteiger partial charge in [-0.1, -0.05) is 20.3 Å². The lowest BCUT2D eigenvalue weighted by Crippen LogP contribution is -2.30. The van der Waals surface area contributed by atoms with Crippen LogP contribution in [-0.2, 0) is 6.42 Å². The molecule has 5 heteroatoms. The lowest BCUT2D eigenvalue weighted by atomic mass is 10.3. The maximum Gasteiger partial charge on any atom is 0.205 e. The molecule has 0 aliphatic rings. The van der Waals surface area contributed by atoms with Gasteiger partial charge in [0.15, 0.2) is 0 Å². The predicted molar refractivity (Wildman–Crippen MR) is 70.1 cm³/mol. The van der Waals surface area contributed by atoms with Gasteiger partial charge in [0.2, 0.25) is 5.13 Å². The van der Waals surface area contributed by atoms with Crippen LogP contribution in [0.15, 0.2) is 0 Å². The summed E-state index contributed by atoms with van der Waals surface area (Å²) >= 11 is 1.50. The van der Waals surface area contributed by atoms with Crippen LogP contribution in [0.1, 0.15) is 38.9 Å². The Hall–Kier alpha value is -0.680. The fraction of sp³-hybridized carbons (Fsp3) is 0.818. The van der Waals surface area contributed by atoms with E-state index in [9.17, 15) is 0 Å². The first-order chi connectivity index (χ1) is 7.81. The average Bonchev–Trinajstić information content (AvgIpc) is 2.73. The molecule has 2 N–H and O–H groups in total. The van der Waals surface area contributed by atoms with Crippen molar-refractivity contribution in [3.63, 3.8) is 0 Å². The topological polar surface area (TPSA) is 55.0 Å². The molecule has 0 saturated heterocycles. The third kappa shape index (κ3) is 4.06. The molecule has 1 rings (SSSR count). The number of aromatic nitrogens is 2. The highest BCUT2D eigenvalue weighted by Gasteiger charge is 2.10. The third-order valence-electron chi connectivity index (χ3n) is 2.38. The van der Waals surface area contributed by atoms with E-state index in [2.05, 4.69) is 28.1 Å². The quantitative estimate of drug-likeness (QED) is 0.758. The number of nitrogens with zero attached hydrogens (tertiary/aromatic N) is 3. The molecule has 0 fully saturated rings. The van der Waals surface area contributed by atoms with Crippen molar-refractivity contribution < 1.29 is 0 Å². The van der Waals surface area contributed by atoms with Gasteiger partial charge in [-0.2, -0.15) is 4.37 Å². The van der Waals surface area contributed by atoms with E-state index in [1.54, 1.807) is 0 Å². The Labute approximate surface area is 102 Å². The highest BCUT2D eigenvalue weighted by atomic mass is 32.1. The van der Waals surface area contributed by atoms with E-state index in [1.807, 2.05) is 0 Å². The number of aryl methyl sites for hydroxylation is 1. The van der Waals surface area contributed by atoms with Gasteiger partial charge in [-0.05, 0) is 12.8 Å². The molecular formula is C11H22N4S. The first-order valence-corrected chi connectivity index (χ1v) is 6.86. The van der Waals surface area contributed by atoms with Gasteiger partial charge in [0.25, 0.3) is 0 Å². The minimum Gasteiger partial charge on any atom is -0.346 e. The van der Waals surface area contributed by atoms with Crippen molar-refractivity contribution in [3.05, 3.63) is 5.82 Å². The smallest absolute Gasteiger partial charge is 0.205 e. The van der Waals surface area contributed by atoms with Crippen molar-refractivity contribution in [2.24, 2.45) is 5.73 Å². The monoisotopic (exact) mass is 242 g/mol. The molecule has 0 atom stereocenters. The second-order valence-electron chi connectivity index (χ2n) is 3.87. The van der Waals surface area contributed by atoms with Crippen LogP contribution in [0, 0.1) is 0 Å². The maximum atomic E-state index is 5.62. The minimum atomic E-state index is 0.673. The van der Waals surface area contributed by atoms with Crippen LogP contribution >= 0.6 is 11.5 Å². The van der Waals surface area contributed by atoms with Gasteiger partial charge in [-0.3, -0.25) is 0 Å². The highest BCUT2D eigenvalue weighted by molar-refractivity contribution is 7.09. The minimum absolute atomic E-state index is 0.673. The van der Waals surface area contributed by atoms with Gasteiger partial charge < -0.3 is 10.6 Å². The Morgan fingerprint density at radius 1 is 1.25 bits per heavy atom. The molecule has 0 aliphatic carbocycles. The summed E-state index contributed by atoms with van der Waals surface area (Å²) in [6, 6.07) is 0.